The van der Waals surface area contributed by atoms with Crippen LogP contribution in [0.25, 0.3) is 0 Å². The van der Waals surface area contributed by atoms with Crippen molar-refractivity contribution >= 4 is 17.8 Å². The van der Waals surface area contributed by atoms with Crippen LogP contribution in [-0.2, 0) is 0 Å². The molecule has 1 N–H and O–H groups in total. The van der Waals surface area contributed by atoms with Crippen molar-refractivity contribution < 1.29 is 0 Å². The van der Waals surface area contributed by atoms with Gasteiger partial charge in [0.25, 0.3) is 0 Å². The highest BCUT2D eigenvalue weighted by molar-refractivity contribution is 6.32. The van der Waals surface area contributed by atoms with E-state index in [1.807, 2.05) is 6.92 Å². The minimum atomic E-state index is -0.236. The van der Waals surface area contributed by atoms with Crippen LogP contribution in [0.2, 0.25) is 0 Å². The molecule has 1 heterocycles. The zero-order valence-electron chi connectivity index (χ0n) is 4.11. The largest absolute Gasteiger partial charge is 0.308 e. The fourth-order valence-electron chi connectivity index (χ4n) is 0.426. The molecule has 1 unspecified atom stereocenters. The van der Waals surface area contributed by atoms with E-state index in [-0.39, 0.29) is 4.87 Å². The van der Waals surface area contributed by atoms with E-state index in [9.17, 15) is 0 Å². The Morgan fingerprint density at radius 1 is 2.00 bits per heavy atom. The van der Waals surface area contributed by atoms with Gasteiger partial charge in [0.05, 0.1) is 11.4 Å². The molecule has 0 aromatic carbocycles. The first kappa shape index (κ1) is 4.91. The van der Waals surface area contributed by atoms with Crippen LogP contribution < -0.4 is 5.43 Å². The number of alkyl halides is 1. The molecule has 1 rings (SSSR count). The van der Waals surface area contributed by atoms with Crippen LogP contribution in [0.4, 0.5) is 0 Å². The lowest BCUT2D eigenvalue weighted by Gasteiger charge is -2.05. The SMILES string of the molecule is CC1(Cl)C=NNC1. The van der Waals surface area contributed by atoms with E-state index in [4.69, 9.17) is 11.6 Å². The van der Waals surface area contributed by atoms with Crippen LogP contribution >= 0.6 is 11.6 Å². The normalized spacial score (nSPS) is 38.6. The molecule has 1 atom stereocenters. The van der Waals surface area contributed by atoms with Crippen molar-refractivity contribution in [3.05, 3.63) is 0 Å². The standard InChI is InChI=1S/C4H7ClN2/c1-4(5)2-6-7-3-4/h2,7H,3H2,1H3. The molecule has 0 aromatic heterocycles. The van der Waals surface area contributed by atoms with Crippen LogP contribution in [-0.4, -0.2) is 17.6 Å². The number of hydrazone groups is 1. The van der Waals surface area contributed by atoms with Gasteiger partial charge in [-0.2, -0.15) is 5.10 Å². The highest BCUT2D eigenvalue weighted by atomic mass is 35.5. The summed E-state index contributed by atoms with van der Waals surface area (Å²) in [6.45, 7) is 2.66. The van der Waals surface area contributed by atoms with Gasteiger partial charge in [-0.3, -0.25) is 0 Å². The highest BCUT2D eigenvalue weighted by Gasteiger charge is 2.20. The van der Waals surface area contributed by atoms with Crippen molar-refractivity contribution in [1.82, 2.24) is 5.43 Å². The zero-order chi connectivity index (χ0) is 5.33. The van der Waals surface area contributed by atoms with Crippen LogP contribution in [0.1, 0.15) is 6.92 Å². The fraction of sp³-hybridized carbons (Fsp3) is 0.750. The molecule has 3 heteroatoms. The average Bonchev–Trinajstić information content (AvgIpc) is 1.84. The summed E-state index contributed by atoms with van der Waals surface area (Å²) in [6, 6.07) is 0. The second-order valence-corrected chi connectivity index (χ2v) is 2.73. The summed E-state index contributed by atoms with van der Waals surface area (Å²) >= 11 is 5.76. The molecule has 0 amide bonds. The number of hydrogen-bond donors (Lipinski definition) is 1. The minimum Gasteiger partial charge on any atom is -0.308 e. The predicted octanol–water partition coefficient (Wildman–Crippen LogP) is 0.573. The van der Waals surface area contributed by atoms with Crippen LogP contribution in [0.15, 0.2) is 5.10 Å². The van der Waals surface area contributed by atoms with E-state index >= 15 is 0 Å². The first-order valence-corrected chi connectivity index (χ1v) is 2.54. The van der Waals surface area contributed by atoms with Crippen LogP contribution in [0, 0.1) is 0 Å². The molecule has 1 aliphatic rings. The molecule has 40 valence electrons. The highest BCUT2D eigenvalue weighted by Crippen LogP contribution is 2.11. The molecule has 0 aromatic rings. The third-order valence-electron chi connectivity index (χ3n) is 0.850. The van der Waals surface area contributed by atoms with Gasteiger partial charge in [-0.05, 0) is 6.92 Å². The van der Waals surface area contributed by atoms with Crippen molar-refractivity contribution in [2.24, 2.45) is 5.10 Å². The number of nitrogens with zero attached hydrogens (tertiary/aromatic N) is 1. The summed E-state index contributed by atoms with van der Waals surface area (Å²) in [5, 5.41) is 3.73. The zero-order valence-corrected chi connectivity index (χ0v) is 4.87. The van der Waals surface area contributed by atoms with Gasteiger partial charge < -0.3 is 5.43 Å². The smallest absolute Gasteiger partial charge is 0.0974 e. The molecule has 2 nitrogen and oxygen atoms in total. The molecule has 0 bridgehead atoms. The summed E-state index contributed by atoms with van der Waals surface area (Å²) < 4.78 is 0. The Kier molecular flexibility index (Phi) is 0.961. The minimum absolute atomic E-state index is 0.236. The summed E-state index contributed by atoms with van der Waals surface area (Å²) in [5.41, 5.74) is 2.75. The molecule has 7 heavy (non-hydrogen) atoms. The van der Waals surface area contributed by atoms with Crippen molar-refractivity contribution in [2.45, 2.75) is 11.8 Å². The van der Waals surface area contributed by atoms with Gasteiger partial charge in [-0.25, -0.2) is 0 Å². The summed E-state index contributed by atoms with van der Waals surface area (Å²) in [5.74, 6) is 0. The maximum Gasteiger partial charge on any atom is 0.0974 e. The molecule has 0 aliphatic carbocycles. The lowest BCUT2D eigenvalue weighted by molar-refractivity contribution is 0.734. The van der Waals surface area contributed by atoms with Crippen molar-refractivity contribution in [1.29, 1.82) is 0 Å². The molecule has 0 saturated carbocycles. The second kappa shape index (κ2) is 1.37. The third kappa shape index (κ3) is 1.06. The number of hydrogen-bond acceptors (Lipinski definition) is 2. The van der Waals surface area contributed by atoms with Crippen LogP contribution in [0.5, 0.6) is 0 Å². The first-order chi connectivity index (χ1) is 3.21. The van der Waals surface area contributed by atoms with Crippen molar-refractivity contribution in [2.75, 3.05) is 6.54 Å². The van der Waals surface area contributed by atoms with Crippen LogP contribution in [0.3, 0.4) is 0 Å². The summed E-state index contributed by atoms with van der Waals surface area (Å²) in [6.07, 6.45) is 1.70. The van der Waals surface area contributed by atoms with Crippen molar-refractivity contribution in [3.8, 4) is 0 Å². The molecular weight excluding hydrogens is 112 g/mol. The van der Waals surface area contributed by atoms with E-state index in [1.165, 1.54) is 0 Å². The van der Waals surface area contributed by atoms with E-state index in [0.29, 0.717) is 0 Å². The number of nitrogens with one attached hydrogen (secondary N) is 1. The molecule has 0 saturated heterocycles. The Morgan fingerprint density at radius 2 is 2.71 bits per heavy atom. The van der Waals surface area contributed by atoms with Gasteiger partial charge in [-0.1, -0.05) is 0 Å². The Balaban J connectivity index is 2.57. The molecular formula is C4H7ClN2. The Bertz CT molecular complexity index is 97.9. The molecule has 1 aliphatic heterocycles. The van der Waals surface area contributed by atoms with Gasteiger partial charge in [0.15, 0.2) is 0 Å². The van der Waals surface area contributed by atoms with Gasteiger partial charge in [0.2, 0.25) is 0 Å². The van der Waals surface area contributed by atoms with Gasteiger partial charge >= 0.3 is 0 Å². The quantitative estimate of drug-likeness (QED) is 0.462. The third-order valence-corrected chi connectivity index (χ3v) is 1.08. The second-order valence-electron chi connectivity index (χ2n) is 1.87. The first-order valence-electron chi connectivity index (χ1n) is 2.17. The van der Waals surface area contributed by atoms with Gasteiger partial charge in [-0.15, -0.1) is 11.6 Å². The molecule has 0 spiro atoms. The summed E-state index contributed by atoms with van der Waals surface area (Å²) in [7, 11) is 0. The topological polar surface area (TPSA) is 24.4 Å². The molecule has 0 fully saturated rings. The maximum atomic E-state index is 5.76. The van der Waals surface area contributed by atoms with E-state index in [0.717, 1.165) is 6.54 Å². The monoisotopic (exact) mass is 118 g/mol. The van der Waals surface area contributed by atoms with Gasteiger partial charge in [0.1, 0.15) is 0 Å². The number of halogens is 1. The van der Waals surface area contributed by atoms with E-state index in [2.05, 4.69) is 10.5 Å². The number of rotatable bonds is 0. The van der Waals surface area contributed by atoms with Crippen molar-refractivity contribution in [3.63, 3.8) is 0 Å². The average molecular weight is 119 g/mol. The fourth-order valence-corrected chi connectivity index (χ4v) is 0.535. The van der Waals surface area contributed by atoms with Gasteiger partial charge in [0, 0.05) is 6.21 Å². The Hall–Kier alpha value is -0.240. The predicted molar refractivity (Wildman–Crippen MR) is 30.8 cm³/mol. The Morgan fingerprint density at radius 3 is 2.86 bits per heavy atom. The summed E-state index contributed by atoms with van der Waals surface area (Å²) in [4.78, 5) is -0.236. The lowest BCUT2D eigenvalue weighted by atomic mass is 10.2. The Labute approximate surface area is 47.5 Å². The lowest BCUT2D eigenvalue weighted by Crippen LogP contribution is -2.23. The maximum absolute atomic E-state index is 5.76. The molecule has 0 radical (unpaired) electrons. The van der Waals surface area contributed by atoms with E-state index in [1.54, 1.807) is 6.21 Å². The van der Waals surface area contributed by atoms with E-state index < -0.39 is 0 Å².